The smallest absolute Gasteiger partial charge is 0.114 e. The number of aryl methyl sites for hydroxylation is 1. The lowest BCUT2D eigenvalue weighted by Gasteiger charge is -2.15. The molecule has 2 aromatic carbocycles. The van der Waals surface area contributed by atoms with Crippen LogP contribution in [0.1, 0.15) is 11.1 Å². The lowest BCUT2D eigenvalue weighted by molar-refractivity contribution is 1.41. The van der Waals surface area contributed by atoms with Gasteiger partial charge in [-0.1, -0.05) is 55.5 Å². The summed E-state index contributed by atoms with van der Waals surface area (Å²) < 4.78 is 0. The first-order valence-corrected chi connectivity index (χ1v) is 11.9. The molecule has 0 bridgehead atoms. The van der Waals surface area contributed by atoms with Crippen LogP contribution in [0.25, 0.3) is 0 Å². The molecule has 0 N–H and O–H groups in total. The van der Waals surface area contributed by atoms with E-state index in [-0.39, 0.29) is 0 Å². The van der Waals surface area contributed by atoms with Crippen molar-refractivity contribution >= 4 is 30.3 Å². The SMILES string of the molecule is Cc1ccc(/C=N/c2cccc(S[Si](C)(C)C)c2)cc1. The highest BCUT2D eigenvalue weighted by atomic mass is 32.4. The Morgan fingerprint density at radius 3 is 2.35 bits per heavy atom. The molecular weight excluding hydrogens is 278 g/mol. The zero-order valence-corrected chi connectivity index (χ0v) is 14.4. The van der Waals surface area contributed by atoms with Gasteiger partial charge in [-0.15, -0.1) is 0 Å². The van der Waals surface area contributed by atoms with Crippen LogP contribution in [0.5, 0.6) is 0 Å². The molecule has 0 spiro atoms. The molecular formula is C17H21NSSi. The summed E-state index contributed by atoms with van der Waals surface area (Å²) in [5, 5.41) is 0. The number of rotatable bonds is 4. The molecule has 0 aliphatic heterocycles. The van der Waals surface area contributed by atoms with Crippen molar-refractivity contribution in [3.63, 3.8) is 0 Å². The maximum Gasteiger partial charge on any atom is 0.114 e. The third kappa shape index (κ3) is 4.98. The summed E-state index contributed by atoms with van der Waals surface area (Å²) in [5.74, 6) is 0. The molecule has 0 aliphatic carbocycles. The Hall–Kier alpha value is -1.32. The predicted molar refractivity (Wildman–Crippen MR) is 94.1 cm³/mol. The zero-order valence-electron chi connectivity index (χ0n) is 12.6. The van der Waals surface area contributed by atoms with Crippen LogP contribution >= 0.6 is 11.2 Å². The Balaban J connectivity index is 2.13. The highest BCUT2D eigenvalue weighted by molar-refractivity contribution is 8.28. The largest absolute Gasteiger partial charge is 0.256 e. The minimum absolute atomic E-state index is 1.02. The number of hydrogen-bond donors (Lipinski definition) is 0. The Morgan fingerprint density at radius 1 is 1.00 bits per heavy atom. The number of hydrogen-bond acceptors (Lipinski definition) is 2. The van der Waals surface area contributed by atoms with Crippen molar-refractivity contribution in [3.05, 3.63) is 59.7 Å². The van der Waals surface area contributed by atoms with Crippen molar-refractivity contribution in [2.24, 2.45) is 4.99 Å². The van der Waals surface area contributed by atoms with E-state index in [0.29, 0.717) is 0 Å². The molecule has 0 atom stereocenters. The van der Waals surface area contributed by atoms with Gasteiger partial charge in [-0.05, 0) is 30.7 Å². The topological polar surface area (TPSA) is 12.4 Å². The van der Waals surface area contributed by atoms with Crippen molar-refractivity contribution in [2.75, 3.05) is 0 Å². The van der Waals surface area contributed by atoms with Gasteiger partial charge in [0.2, 0.25) is 0 Å². The minimum Gasteiger partial charge on any atom is -0.256 e. The fourth-order valence-electron chi connectivity index (χ4n) is 1.78. The summed E-state index contributed by atoms with van der Waals surface area (Å²) in [7, 11) is -1.15. The number of benzene rings is 2. The summed E-state index contributed by atoms with van der Waals surface area (Å²) in [5.41, 5.74) is 3.43. The summed E-state index contributed by atoms with van der Waals surface area (Å²) in [6, 6.07) is 16.9. The summed E-state index contributed by atoms with van der Waals surface area (Å²) in [6.07, 6.45) is 1.93. The van der Waals surface area contributed by atoms with Gasteiger partial charge in [0, 0.05) is 11.1 Å². The van der Waals surface area contributed by atoms with E-state index in [9.17, 15) is 0 Å². The van der Waals surface area contributed by atoms with Crippen molar-refractivity contribution in [1.82, 2.24) is 0 Å². The molecule has 0 radical (unpaired) electrons. The standard InChI is InChI=1S/C17H21NSSi/c1-14-8-10-15(11-9-14)13-18-16-6-5-7-17(12-16)19-20(2,3)4/h5-13H,1-4H3/b18-13+. The molecule has 2 aromatic rings. The third-order valence-electron chi connectivity index (χ3n) is 2.68. The van der Waals surface area contributed by atoms with Gasteiger partial charge in [-0.3, -0.25) is 4.99 Å². The van der Waals surface area contributed by atoms with Crippen LogP contribution in [0, 0.1) is 6.92 Å². The first-order chi connectivity index (χ1) is 9.42. The van der Waals surface area contributed by atoms with E-state index in [1.54, 1.807) is 0 Å². The van der Waals surface area contributed by atoms with E-state index >= 15 is 0 Å². The van der Waals surface area contributed by atoms with Crippen molar-refractivity contribution < 1.29 is 0 Å². The molecule has 0 amide bonds. The van der Waals surface area contributed by atoms with E-state index < -0.39 is 7.22 Å². The molecule has 0 heterocycles. The Labute approximate surface area is 126 Å². The van der Waals surface area contributed by atoms with E-state index in [1.165, 1.54) is 10.5 Å². The average Bonchev–Trinajstić information content (AvgIpc) is 2.36. The molecule has 104 valence electrons. The van der Waals surface area contributed by atoms with Crippen molar-refractivity contribution in [1.29, 1.82) is 0 Å². The van der Waals surface area contributed by atoms with Crippen molar-refractivity contribution in [3.8, 4) is 0 Å². The van der Waals surface area contributed by atoms with Gasteiger partial charge < -0.3 is 0 Å². The third-order valence-corrected chi connectivity index (χ3v) is 6.33. The predicted octanol–water partition coefficient (Wildman–Crippen LogP) is 5.67. The normalized spacial score (nSPS) is 12.0. The molecule has 0 fully saturated rings. The molecule has 1 nitrogen and oxygen atoms in total. The van der Waals surface area contributed by atoms with Crippen LogP contribution in [-0.2, 0) is 0 Å². The lowest BCUT2D eigenvalue weighted by atomic mass is 10.2. The quantitative estimate of drug-likeness (QED) is 0.523. The fraction of sp³-hybridized carbons (Fsp3) is 0.235. The van der Waals surface area contributed by atoms with Crippen LogP contribution in [0.2, 0.25) is 19.6 Å². The average molecular weight is 300 g/mol. The lowest BCUT2D eigenvalue weighted by Crippen LogP contribution is -2.13. The van der Waals surface area contributed by atoms with Gasteiger partial charge in [-0.2, -0.15) is 11.2 Å². The molecule has 2 rings (SSSR count). The second kappa shape index (κ2) is 6.42. The Kier molecular flexibility index (Phi) is 4.84. The maximum absolute atomic E-state index is 4.57. The molecule has 3 heteroatoms. The van der Waals surface area contributed by atoms with Gasteiger partial charge in [0.15, 0.2) is 0 Å². The second-order valence-corrected chi connectivity index (χ2v) is 15.1. The summed E-state index contributed by atoms with van der Waals surface area (Å²) in [4.78, 5) is 5.90. The van der Waals surface area contributed by atoms with Gasteiger partial charge in [0.1, 0.15) is 7.22 Å². The summed E-state index contributed by atoms with van der Waals surface area (Å²) in [6.45, 7) is 9.18. The van der Waals surface area contributed by atoms with Gasteiger partial charge >= 0.3 is 0 Å². The minimum atomic E-state index is -1.15. The van der Waals surface area contributed by atoms with E-state index in [1.807, 2.05) is 17.4 Å². The fourth-order valence-corrected chi connectivity index (χ4v) is 5.32. The van der Waals surface area contributed by atoms with Crippen molar-refractivity contribution in [2.45, 2.75) is 31.5 Å². The highest BCUT2D eigenvalue weighted by Gasteiger charge is 2.14. The summed E-state index contributed by atoms with van der Waals surface area (Å²) >= 11 is 2.00. The first kappa shape index (κ1) is 15.1. The van der Waals surface area contributed by atoms with E-state index in [0.717, 1.165) is 11.3 Å². The molecule has 20 heavy (non-hydrogen) atoms. The van der Waals surface area contributed by atoms with E-state index in [4.69, 9.17) is 0 Å². The molecule has 0 aliphatic rings. The molecule has 0 saturated heterocycles. The monoisotopic (exact) mass is 299 g/mol. The molecule has 0 saturated carbocycles. The van der Waals surface area contributed by atoms with Crippen LogP contribution in [0.15, 0.2) is 58.4 Å². The van der Waals surface area contributed by atoms with Gasteiger partial charge in [0.05, 0.1) is 5.69 Å². The Morgan fingerprint density at radius 2 is 1.70 bits per heavy atom. The van der Waals surface area contributed by atoms with Crippen LogP contribution in [0.4, 0.5) is 5.69 Å². The Bertz CT molecular complexity index is 597. The first-order valence-electron chi connectivity index (χ1n) is 6.82. The van der Waals surface area contributed by atoms with Crippen LogP contribution < -0.4 is 0 Å². The van der Waals surface area contributed by atoms with Gasteiger partial charge in [0.25, 0.3) is 0 Å². The number of nitrogens with zero attached hydrogens (tertiary/aromatic N) is 1. The molecule has 0 aromatic heterocycles. The zero-order chi connectivity index (χ0) is 14.6. The molecule has 0 unspecified atom stereocenters. The van der Waals surface area contributed by atoms with Gasteiger partial charge in [-0.25, -0.2) is 0 Å². The second-order valence-electron chi connectivity index (χ2n) is 5.88. The van der Waals surface area contributed by atoms with Crippen LogP contribution in [-0.4, -0.2) is 13.4 Å². The van der Waals surface area contributed by atoms with E-state index in [2.05, 4.69) is 80.1 Å². The van der Waals surface area contributed by atoms with Crippen LogP contribution in [0.3, 0.4) is 0 Å². The maximum atomic E-state index is 4.57. The number of aliphatic imine (C=N–C) groups is 1. The highest BCUT2D eigenvalue weighted by Crippen LogP contribution is 2.31.